The zero-order valence-electron chi connectivity index (χ0n) is 13.8. The van der Waals surface area contributed by atoms with E-state index in [1.54, 1.807) is 30.3 Å². The maximum absolute atomic E-state index is 13.2. The first kappa shape index (κ1) is 19.0. The second kappa shape index (κ2) is 7.44. The van der Waals surface area contributed by atoms with Gasteiger partial charge in [0.15, 0.2) is 11.7 Å². The van der Waals surface area contributed by atoms with Gasteiger partial charge >= 0.3 is 12.1 Å². The summed E-state index contributed by atoms with van der Waals surface area (Å²) in [6.07, 6.45) is -4.80. The van der Waals surface area contributed by atoms with E-state index in [0.717, 1.165) is 12.1 Å². The van der Waals surface area contributed by atoms with Crippen molar-refractivity contribution >= 4 is 17.6 Å². The molecule has 3 aromatic rings. The second-order valence-corrected chi connectivity index (χ2v) is 6.14. The quantitative estimate of drug-likeness (QED) is 0.602. The number of aromatic nitrogens is 1. The van der Waals surface area contributed by atoms with E-state index in [2.05, 4.69) is 4.98 Å². The van der Waals surface area contributed by atoms with Crippen LogP contribution in [0.15, 0.2) is 52.9 Å². The van der Waals surface area contributed by atoms with Crippen LogP contribution in [0.2, 0.25) is 5.02 Å². The van der Waals surface area contributed by atoms with Crippen molar-refractivity contribution < 1.29 is 27.5 Å². The molecule has 0 unspecified atom stereocenters. The summed E-state index contributed by atoms with van der Waals surface area (Å²) in [7, 11) is 0. The summed E-state index contributed by atoms with van der Waals surface area (Å²) in [5.74, 6) is -0.622. The standard InChI is InChI=1S/C19H13ClF3NO3/c20-14-7-6-12(10-13(14)19(21,22)23)17-18(11-4-2-1-3-5-11)27-15(24-17)8-9-16(25)26/h1-7,10H,8-9H2,(H,25,26). The Morgan fingerprint density at radius 1 is 1.11 bits per heavy atom. The number of hydrogen-bond acceptors (Lipinski definition) is 3. The van der Waals surface area contributed by atoms with E-state index < -0.39 is 22.7 Å². The summed E-state index contributed by atoms with van der Waals surface area (Å²) < 4.78 is 45.2. The van der Waals surface area contributed by atoms with Gasteiger partial charge in [0, 0.05) is 17.5 Å². The van der Waals surface area contributed by atoms with Crippen LogP contribution in [0.1, 0.15) is 17.9 Å². The predicted octanol–water partition coefficient (Wildman–Crippen LogP) is 5.70. The molecule has 1 heterocycles. The molecule has 0 radical (unpaired) electrons. The number of rotatable bonds is 5. The molecule has 0 amide bonds. The zero-order valence-corrected chi connectivity index (χ0v) is 14.5. The number of carboxylic acids is 1. The first-order valence-electron chi connectivity index (χ1n) is 7.89. The summed E-state index contributed by atoms with van der Waals surface area (Å²) in [6, 6.07) is 12.2. The molecule has 0 saturated heterocycles. The Bertz CT molecular complexity index is 968. The number of halogens is 4. The van der Waals surface area contributed by atoms with Crippen molar-refractivity contribution in [2.75, 3.05) is 0 Å². The van der Waals surface area contributed by atoms with E-state index in [9.17, 15) is 18.0 Å². The smallest absolute Gasteiger partial charge is 0.417 e. The van der Waals surface area contributed by atoms with Crippen molar-refractivity contribution in [1.29, 1.82) is 0 Å². The number of benzene rings is 2. The third-order valence-electron chi connectivity index (χ3n) is 3.81. The van der Waals surface area contributed by atoms with Crippen molar-refractivity contribution in [3.05, 3.63) is 65.0 Å². The Balaban J connectivity index is 2.12. The highest BCUT2D eigenvalue weighted by molar-refractivity contribution is 6.31. The number of carbonyl (C=O) groups is 1. The van der Waals surface area contributed by atoms with E-state index in [1.807, 2.05) is 0 Å². The lowest BCUT2D eigenvalue weighted by molar-refractivity contribution is -0.138. The molecule has 0 aliphatic heterocycles. The van der Waals surface area contributed by atoms with Crippen molar-refractivity contribution in [3.8, 4) is 22.6 Å². The molecule has 0 atom stereocenters. The van der Waals surface area contributed by atoms with Gasteiger partial charge in [-0.05, 0) is 12.1 Å². The Kier molecular flexibility index (Phi) is 5.23. The molecule has 0 fully saturated rings. The molecule has 4 nitrogen and oxygen atoms in total. The summed E-state index contributed by atoms with van der Waals surface area (Å²) in [4.78, 5) is 15.0. The van der Waals surface area contributed by atoms with Gasteiger partial charge in [0.1, 0.15) is 5.69 Å². The molecule has 0 aliphatic rings. The van der Waals surface area contributed by atoms with Crippen LogP contribution < -0.4 is 0 Å². The van der Waals surface area contributed by atoms with Crippen molar-refractivity contribution in [3.63, 3.8) is 0 Å². The molecule has 0 aliphatic carbocycles. The Hall–Kier alpha value is -2.80. The van der Waals surface area contributed by atoms with Gasteiger partial charge in [0.25, 0.3) is 0 Å². The Morgan fingerprint density at radius 3 is 2.44 bits per heavy atom. The lowest BCUT2D eigenvalue weighted by Crippen LogP contribution is -2.06. The molecule has 2 aromatic carbocycles. The van der Waals surface area contributed by atoms with Crippen LogP contribution in [0, 0.1) is 0 Å². The van der Waals surface area contributed by atoms with Crippen molar-refractivity contribution in [2.24, 2.45) is 0 Å². The van der Waals surface area contributed by atoms with Crippen LogP contribution in [0.3, 0.4) is 0 Å². The summed E-state index contributed by atoms with van der Waals surface area (Å²) in [5.41, 5.74) is 0.0144. The summed E-state index contributed by atoms with van der Waals surface area (Å²) in [5, 5.41) is 8.42. The molecule has 1 aromatic heterocycles. The molecular weight excluding hydrogens is 383 g/mol. The van der Waals surface area contributed by atoms with Gasteiger partial charge in [0.05, 0.1) is 17.0 Å². The molecule has 140 valence electrons. The Labute approximate surface area is 157 Å². The minimum Gasteiger partial charge on any atom is -0.481 e. The van der Waals surface area contributed by atoms with E-state index in [1.165, 1.54) is 6.07 Å². The topological polar surface area (TPSA) is 63.3 Å². The fourth-order valence-electron chi connectivity index (χ4n) is 2.56. The van der Waals surface area contributed by atoms with E-state index in [0.29, 0.717) is 5.56 Å². The fourth-order valence-corrected chi connectivity index (χ4v) is 2.78. The van der Waals surface area contributed by atoms with Crippen LogP contribution in [-0.2, 0) is 17.4 Å². The average molecular weight is 396 g/mol. The van der Waals surface area contributed by atoms with Gasteiger partial charge in [-0.3, -0.25) is 4.79 Å². The monoisotopic (exact) mass is 395 g/mol. The lowest BCUT2D eigenvalue weighted by Gasteiger charge is -2.10. The zero-order chi connectivity index (χ0) is 19.6. The highest BCUT2D eigenvalue weighted by Gasteiger charge is 2.34. The predicted molar refractivity (Wildman–Crippen MR) is 93.3 cm³/mol. The van der Waals surface area contributed by atoms with E-state index in [4.69, 9.17) is 21.1 Å². The lowest BCUT2D eigenvalue weighted by atomic mass is 10.0. The highest BCUT2D eigenvalue weighted by atomic mass is 35.5. The van der Waals surface area contributed by atoms with Crippen LogP contribution in [0.4, 0.5) is 13.2 Å². The normalized spacial score (nSPS) is 11.6. The van der Waals surface area contributed by atoms with Gasteiger partial charge in [-0.25, -0.2) is 4.98 Å². The molecule has 0 spiro atoms. The van der Waals surface area contributed by atoms with Gasteiger partial charge in [0.2, 0.25) is 0 Å². The number of aliphatic carboxylic acids is 1. The molecule has 0 bridgehead atoms. The molecule has 27 heavy (non-hydrogen) atoms. The number of carboxylic acid groups (broad SMARTS) is 1. The number of hydrogen-bond donors (Lipinski definition) is 1. The maximum Gasteiger partial charge on any atom is 0.417 e. The average Bonchev–Trinajstić information content (AvgIpc) is 3.04. The fraction of sp³-hybridized carbons (Fsp3) is 0.158. The summed E-state index contributed by atoms with van der Waals surface area (Å²) >= 11 is 5.69. The number of alkyl halides is 3. The number of nitrogens with zero attached hydrogens (tertiary/aromatic N) is 1. The van der Waals surface area contributed by atoms with Gasteiger partial charge in [-0.2, -0.15) is 13.2 Å². The largest absolute Gasteiger partial charge is 0.481 e. The van der Waals surface area contributed by atoms with Crippen LogP contribution in [-0.4, -0.2) is 16.1 Å². The van der Waals surface area contributed by atoms with Gasteiger partial charge < -0.3 is 9.52 Å². The molecule has 0 saturated carbocycles. The molecule has 3 rings (SSSR count). The molecule has 1 N–H and O–H groups in total. The first-order valence-corrected chi connectivity index (χ1v) is 8.27. The third kappa shape index (κ3) is 4.31. The Morgan fingerprint density at radius 2 is 1.81 bits per heavy atom. The van der Waals surface area contributed by atoms with Crippen LogP contribution in [0.25, 0.3) is 22.6 Å². The minimum absolute atomic E-state index is 0.0227. The van der Waals surface area contributed by atoms with E-state index in [-0.39, 0.29) is 35.7 Å². The van der Waals surface area contributed by atoms with Gasteiger partial charge in [-0.1, -0.05) is 48.0 Å². The third-order valence-corrected chi connectivity index (χ3v) is 4.13. The SMILES string of the molecule is O=C(O)CCc1nc(-c2ccc(Cl)c(C(F)(F)F)c2)c(-c2ccccc2)o1. The molecular formula is C19H13ClF3NO3. The van der Waals surface area contributed by atoms with Gasteiger partial charge in [-0.15, -0.1) is 0 Å². The van der Waals surface area contributed by atoms with Crippen molar-refractivity contribution in [2.45, 2.75) is 19.0 Å². The van der Waals surface area contributed by atoms with E-state index >= 15 is 0 Å². The number of oxazole rings is 1. The second-order valence-electron chi connectivity index (χ2n) is 5.74. The number of aryl methyl sites for hydroxylation is 1. The van der Waals surface area contributed by atoms with Crippen molar-refractivity contribution in [1.82, 2.24) is 4.98 Å². The van der Waals surface area contributed by atoms with Crippen LogP contribution in [0.5, 0.6) is 0 Å². The first-order chi connectivity index (χ1) is 12.8. The summed E-state index contributed by atoms with van der Waals surface area (Å²) in [6.45, 7) is 0. The van der Waals surface area contributed by atoms with Crippen LogP contribution >= 0.6 is 11.6 Å². The maximum atomic E-state index is 13.2. The molecule has 8 heteroatoms. The highest BCUT2D eigenvalue weighted by Crippen LogP contribution is 2.39. The minimum atomic E-state index is -4.62.